The monoisotopic (exact) mass is 340 g/mol. The SMILES string of the molecule is CC.CC.CNC1C(=O)N(Cc2ccccc2)CCc2ccccc21. The summed E-state index contributed by atoms with van der Waals surface area (Å²) in [6.45, 7) is 9.44. The molecule has 2 aromatic rings. The van der Waals surface area contributed by atoms with Crippen molar-refractivity contribution in [2.45, 2.75) is 46.7 Å². The zero-order valence-electron chi connectivity index (χ0n) is 16.3. The van der Waals surface area contributed by atoms with Crippen LogP contribution in [0, 0.1) is 0 Å². The Hall–Kier alpha value is -2.13. The summed E-state index contributed by atoms with van der Waals surface area (Å²) in [6, 6.07) is 18.2. The van der Waals surface area contributed by atoms with Crippen molar-refractivity contribution in [2.75, 3.05) is 13.6 Å². The number of hydrogen-bond donors (Lipinski definition) is 1. The van der Waals surface area contributed by atoms with E-state index in [2.05, 4.69) is 29.6 Å². The van der Waals surface area contributed by atoms with Gasteiger partial charge in [0, 0.05) is 13.1 Å². The molecule has 0 saturated carbocycles. The Labute approximate surface area is 153 Å². The van der Waals surface area contributed by atoms with Gasteiger partial charge in [0.2, 0.25) is 5.91 Å². The fourth-order valence-electron chi connectivity index (χ4n) is 2.96. The van der Waals surface area contributed by atoms with Crippen LogP contribution in [-0.4, -0.2) is 24.4 Å². The Bertz CT molecular complexity index is 625. The zero-order chi connectivity index (χ0) is 18.7. The van der Waals surface area contributed by atoms with Crippen molar-refractivity contribution in [1.82, 2.24) is 10.2 Å². The first-order valence-corrected chi connectivity index (χ1v) is 9.37. The third kappa shape index (κ3) is 5.43. The highest BCUT2D eigenvalue weighted by atomic mass is 16.2. The van der Waals surface area contributed by atoms with Crippen LogP contribution in [0.25, 0.3) is 0 Å². The van der Waals surface area contributed by atoms with Gasteiger partial charge in [-0.15, -0.1) is 0 Å². The maximum Gasteiger partial charge on any atom is 0.244 e. The van der Waals surface area contributed by atoms with Crippen LogP contribution in [0.4, 0.5) is 0 Å². The molecule has 1 atom stereocenters. The Morgan fingerprint density at radius 3 is 2.20 bits per heavy atom. The van der Waals surface area contributed by atoms with Crippen molar-refractivity contribution in [3.05, 3.63) is 71.3 Å². The Morgan fingerprint density at radius 2 is 1.56 bits per heavy atom. The summed E-state index contributed by atoms with van der Waals surface area (Å²) in [5, 5.41) is 3.17. The number of nitrogens with one attached hydrogen (secondary N) is 1. The number of carbonyl (C=O) groups is 1. The minimum atomic E-state index is -0.243. The molecule has 136 valence electrons. The highest BCUT2D eigenvalue weighted by molar-refractivity contribution is 5.84. The lowest BCUT2D eigenvalue weighted by molar-refractivity contribution is -0.133. The van der Waals surface area contributed by atoms with Gasteiger partial charge in [-0.25, -0.2) is 0 Å². The number of hydrogen-bond acceptors (Lipinski definition) is 2. The van der Waals surface area contributed by atoms with E-state index >= 15 is 0 Å². The molecule has 0 spiro atoms. The van der Waals surface area contributed by atoms with Crippen LogP contribution in [-0.2, 0) is 17.8 Å². The molecule has 2 aromatic carbocycles. The van der Waals surface area contributed by atoms with Gasteiger partial charge in [-0.3, -0.25) is 4.79 Å². The predicted octanol–water partition coefficient (Wildman–Crippen LogP) is 4.58. The van der Waals surface area contributed by atoms with E-state index in [0.717, 1.165) is 18.5 Å². The Morgan fingerprint density at radius 1 is 0.960 bits per heavy atom. The molecule has 1 aliphatic rings. The molecule has 0 aromatic heterocycles. The molecular weight excluding hydrogens is 308 g/mol. The van der Waals surface area contributed by atoms with Gasteiger partial charge in [0.15, 0.2) is 0 Å². The largest absolute Gasteiger partial charge is 0.336 e. The quantitative estimate of drug-likeness (QED) is 0.886. The van der Waals surface area contributed by atoms with Crippen molar-refractivity contribution in [2.24, 2.45) is 0 Å². The number of likely N-dealkylation sites (N-methyl/N-ethyl adjacent to an activating group) is 1. The van der Waals surface area contributed by atoms with Crippen molar-refractivity contribution < 1.29 is 4.79 Å². The third-order valence-electron chi connectivity index (χ3n) is 4.08. The number of nitrogens with zero attached hydrogens (tertiary/aromatic N) is 1. The first kappa shape index (κ1) is 20.9. The molecule has 0 saturated heterocycles. The van der Waals surface area contributed by atoms with Gasteiger partial charge >= 0.3 is 0 Å². The molecule has 0 radical (unpaired) electrons. The molecule has 0 bridgehead atoms. The topological polar surface area (TPSA) is 32.3 Å². The van der Waals surface area contributed by atoms with E-state index in [4.69, 9.17) is 0 Å². The molecule has 1 N–H and O–H groups in total. The van der Waals surface area contributed by atoms with Crippen LogP contribution < -0.4 is 5.32 Å². The smallest absolute Gasteiger partial charge is 0.244 e. The number of amides is 1. The van der Waals surface area contributed by atoms with Gasteiger partial charge in [0.25, 0.3) is 0 Å². The summed E-state index contributed by atoms with van der Waals surface area (Å²) in [7, 11) is 1.85. The summed E-state index contributed by atoms with van der Waals surface area (Å²) < 4.78 is 0. The standard InChI is InChI=1S/C18H20N2O.2C2H6/c1-19-17-16-10-6-5-9-15(16)11-12-20(18(17)21)13-14-7-3-2-4-8-14;2*1-2/h2-10,17,19H,11-13H2,1H3;2*1-2H3. The third-order valence-corrected chi connectivity index (χ3v) is 4.08. The maximum absolute atomic E-state index is 12.8. The second kappa shape index (κ2) is 11.4. The second-order valence-corrected chi connectivity index (χ2v) is 5.42. The van der Waals surface area contributed by atoms with E-state index in [1.807, 2.05) is 70.0 Å². The van der Waals surface area contributed by atoms with Crippen molar-refractivity contribution in [3.8, 4) is 0 Å². The summed E-state index contributed by atoms with van der Waals surface area (Å²) in [4.78, 5) is 14.8. The highest BCUT2D eigenvalue weighted by Gasteiger charge is 2.29. The van der Waals surface area contributed by atoms with E-state index in [0.29, 0.717) is 6.54 Å². The maximum atomic E-state index is 12.8. The summed E-state index contributed by atoms with van der Waals surface area (Å²) in [6.07, 6.45) is 0.910. The van der Waals surface area contributed by atoms with E-state index in [-0.39, 0.29) is 11.9 Å². The molecule has 1 heterocycles. The highest BCUT2D eigenvalue weighted by Crippen LogP contribution is 2.25. The minimum Gasteiger partial charge on any atom is -0.336 e. The molecule has 0 fully saturated rings. The predicted molar refractivity (Wildman–Crippen MR) is 107 cm³/mol. The fourth-order valence-corrected chi connectivity index (χ4v) is 2.96. The molecular formula is C22H32N2O. The minimum absolute atomic E-state index is 0.159. The van der Waals surface area contributed by atoms with Gasteiger partial charge in [-0.1, -0.05) is 82.3 Å². The average Bonchev–Trinajstić information content (AvgIpc) is 2.83. The fraction of sp³-hybridized carbons (Fsp3) is 0.409. The van der Waals surface area contributed by atoms with Crippen molar-refractivity contribution >= 4 is 5.91 Å². The van der Waals surface area contributed by atoms with Crippen LogP contribution >= 0.6 is 0 Å². The lowest BCUT2D eigenvalue weighted by Gasteiger charge is -2.24. The van der Waals surface area contributed by atoms with Gasteiger partial charge < -0.3 is 10.2 Å². The van der Waals surface area contributed by atoms with Crippen LogP contribution in [0.3, 0.4) is 0 Å². The first-order chi connectivity index (χ1) is 12.3. The number of fused-ring (bicyclic) bond motifs is 1. The second-order valence-electron chi connectivity index (χ2n) is 5.42. The van der Waals surface area contributed by atoms with Crippen molar-refractivity contribution in [3.63, 3.8) is 0 Å². The van der Waals surface area contributed by atoms with Crippen LogP contribution in [0.5, 0.6) is 0 Å². The zero-order valence-corrected chi connectivity index (χ0v) is 16.3. The van der Waals surface area contributed by atoms with E-state index in [1.165, 1.54) is 11.1 Å². The van der Waals surface area contributed by atoms with Gasteiger partial charge in [0.1, 0.15) is 6.04 Å². The van der Waals surface area contributed by atoms with E-state index in [1.54, 1.807) is 0 Å². The summed E-state index contributed by atoms with van der Waals surface area (Å²) in [5.74, 6) is 0.159. The number of carbonyl (C=O) groups excluding carboxylic acids is 1. The normalized spacial score (nSPS) is 15.8. The van der Waals surface area contributed by atoms with Crippen LogP contribution in [0.15, 0.2) is 54.6 Å². The van der Waals surface area contributed by atoms with E-state index in [9.17, 15) is 4.79 Å². The van der Waals surface area contributed by atoms with Gasteiger partial charge in [0.05, 0.1) is 0 Å². The van der Waals surface area contributed by atoms with Gasteiger partial charge in [-0.2, -0.15) is 0 Å². The molecule has 1 aliphatic heterocycles. The molecule has 1 amide bonds. The molecule has 3 rings (SSSR count). The Kier molecular flexibility index (Phi) is 9.56. The average molecular weight is 341 g/mol. The summed E-state index contributed by atoms with van der Waals surface area (Å²) in [5.41, 5.74) is 3.55. The van der Waals surface area contributed by atoms with Crippen LogP contribution in [0.1, 0.15) is 50.4 Å². The lowest BCUT2D eigenvalue weighted by Crippen LogP contribution is -2.38. The van der Waals surface area contributed by atoms with Crippen LogP contribution in [0.2, 0.25) is 0 Å². The summed E-state index contributed by atoms with van der Waals surface area (Å²) >= 11 is 0. The Balaban J connectivity index is 0.000000730. The number of benzene rings is 2. The number of rotatable bonds is 3. The van der Waals surface area contributed by atoms with Crippen molar-refractivity contribution in [1.29, 1.82) is 0 Å². The van der Waals surface area contributed by atoms with E-state index < -0.39 is 0 Å². The molecule has 1 unspecified atom stereocenters. The molecule has 0 aliphatic carbocycles. The molecule has 3 nitrogen and oxygen atoms in total. The lowest BCUT2D eigenvalue weighted by atomic mass is 9.99. The molecule has 3 heteroatoms. The molecule has 25 heavy (non-hydrogen) atoms. The first-order valence-electron chi connectivity index (χ1n) is 9.37. The van der Waals surface area contributed by atoms with Gasteiger partial charge in [-0.05, 0) is 30.2 Å².